The molecule has 5 aliphatic rings. The van der Waals surface area contributed by atoms with Crippen molar-refractivity contribution in [1.82, 2.24) is 14.7 Å². The molecule has 2 unspecified atom stereocenters. The zero-order valence-electron chi connectivity index (χ0n) is 18.6. The molecule has 1 aromatic rings. The zero-order chi connectivity index (χ0) is 21.2. The number of hydrogen-bond donors (Lipinski definition) is 1. The minimum absolute atomic E-state index is 0. The minimum Gasteiger partial charge on any atom is -0.465 e. The van der Waals surface area contributed by atoms with Gasteiger partial charge in [-0.1, -0.05) is 24.3 Å². The summed E-state index contributed by atoms with van der Waals surface area (Å²) >= 11 is 0. The third kappa shape index (κ3) is 3.60. The number of benzene rings is 1. The minimum atomic E-state index is -0.734. The van der Waals surface area contributed by atoms with Crippen LogP contribution in [0.4, 0.5) is 4.79 Å². The Labute approximate surface area is 196 Å². The van der Waals surface area contributed by atoms with Gasteiger partial charge in [-0.2, -0.15) is 0 Å². The maximum atomic E-state index is 12.9. The van der Waals surface area contributed by atoms with Crippen LogP contribution in [0.15, 0.2) is 24.3 Å². The van der Waals surface area contributed by atoms with Crippen LogP contribution in [-0.2, 0) is 16.8 Å². The third-order valence-corrected chi connectivity index (χ3v) is 8.88. The van der Waals surface area contributed by atoms with Gasteiger partial charge in [0.1, 0.15) is 0 Å². The van der Waals surface area contributed by atoms with Crippen molar-refractivity contribution in [3.05, 3.63) is 35.4 Å². The third-order valence-electron chi connectivity index (χ3n) is 8.88. The van der Waals surface area contributed by atoms with Crippen molar-refractivity contribution < 1.29 is 14.7 Å². The standard InChI is InChI=1S/C25H33N3O3.ClH/c29-23(17-5-6-17)27-15-18-3-1-2-4-22(18)25(16-27)9-11-26(12-10-25)21-13-19-7-8-20(14-21)28(19)24(30)31;/h1-4,17,19-21H,5-16H2,(H,30,31);1H. The number of hydrogen-bond acceptors (Lipinski definition) is 3. The number of likely N-dealkylation sites (tertiary alicyclic amines) is 1. The van der Waals surface area contributed by atoms with Gasteiger partial charge in [-0.25, -0.2) is 4.79 Å². The second kappa shape index (κ2) is 8.21. The molecular formula is C25H34ClN3O3. The van der Waals surface area contributed by atoms with Crippen LogP contribution in [0.2, 0.25) is 0 Å². The fraction of sp³-hybridized carbons (Fsp3) is 0.680. The number of amides is 2. The molecule has 2 amide bonds. The highest BCUT2D eigenvalue weighted by atomic mass is 35.5. The van der Waals surface area contributed by atoms with Crippen LogP contribution in [0.3, 0.4) is 0 Å². The van der Waals surface area contributed by atoms with E-state index in [0.717, 1.165) is 77.5 Å². The first-order chi connectivity index (χ1) is 15.0. The highest BCUT2D eigenvalue weighted by molar-refractivity contribution is 5.85. The first-order valence-electron chi connectivity index (χ1n) is 12.2. The van der Waals surface area contributed by atoms with Gasteiger partial charge in [0.25, 0.3) is 0 Å². The molecule has 1 saturated carbocycles. The Morgan fingerprint density at radius 3 is 2.22 bits per heavy atom. The number of nitrogens with zero attached hydrogens (tertiary/aromatic N) is 3. The monoisotopic (exact) mass is 459 g/mol. The van der Waals surface area contributed by atoms with Crippen LogP contribution >= 0.6 is 12.4 Å². The summed E-state index contributed by atoms with van der Waals surface area (Å²) in [4.78, 5) is 31.1. The lowest BCUT2D eigenvalue weighted by Crippen LogP contribution is -2.57. The van der Waals surface area contributed by atoms with Gasteiger partial charge in [-0.3, -0.25) is 4.79 Å². The lowest BCUT2D eigenvalue weighted by molar-refractivity contribution is -0.135. The van der Waals surface area contributed by atoms with Gasteiger partial charge in [0.15, 0.2) is 0 Å². The van der Waals surface area contributed by atoms with Gasteiger partial charge in [0, 0.05) is 42.5 Å². The summed E-state index contributed by atoms with van der Waals surface area (Å²) in [7, 11) is 0. The SMILES string of the molecule is Cl.O=C(C1CC1)N1Cc2ccccc2C2(CCN(C3CC4CCC(C3)N4C(=O)O)CC2)C1. The smallest absolute Gasteiger partial charge is 0.407 e. The molecule has 1 spiro atoms. The highest BCUT2D eigenvalue weighted by Gasteiger charge is 2.48. The number of carbonyl (C=O) groups is 2. The van der Waals surface area contributed by atoms with Crippen molar-refractivity contribution in [2.24, 2.45) is 5.92 Å². The van der Waals surface area contributed by atoms with E-state index >= 15 is 0 Å². The quantitative estimate of drug-likeness (QED) is 0.729. The van der Waals surface area contributed by atoms with Gasteiger partial charge in [0.2, 0.25) is 5.91 Å². The molecule has 3 saturated heterocycles. The molecule has 2 bridgehead atoms. The van der Waals surface area contributed by atoms with Crippen molar-refractivity contribution in [3.63, 3.8) is 0 Å². The highest BCUT2D eigenvalue weighted by Crippen LogP contribution is 2.45. The predicted molar refractivity (Wildman–Crippen MR) is 124 cm³/mol. The number of fused-ring (bicyclic) bond motifs is 4. The van der Waals surface area contributed by atoms with Crippen molar-refractivity contribution >= 4 is 24.4 Å². The molecule has 4 aliphatic heterocycles. The molecule has 1 aromatic carbocycles. The van der Waals surface area contributed by atoms with E-state index in [0.29, 0.717) is 11.9 Å². The van der Waals surface area contributed by atoms with E-state index in [-0.39, 0.29) is 35.8 Å². The summed E-state index contributed by atoms with van der Waals surface area (Å²) in [5.74, 6) is 0.645. The fourth-order valence-corrected chi connectivity index (χ4v) is 7.14. The van der Waals surface area contributed by atoms with E-state index < -0.39 is 6.09 Å². The molecule has 0 aromatic heterocycles. The Morgan fingerprint density at radius 1 is 0.938 bits per heavy atom. The largest absolute Gasteiger partial charge is 0.465 e. The number of piperidine rings is 2. The lowest BCUT2D eigenvalue weighted by atomic mass is 9.68. The van der Waals surface area contributed by atoms with Crippen molar-refractivity contribution in [2.75, 3.05) is 19.6 Å². The molecule has 1 aliphatic carbocycles. The fourth-order valence-electron chi connectivity index (χ4n) is 7.14. The normalized spacial score (nSPS) is 31.2. The first-order valence-corrected chi connectivity index (χ1v) is 12.2. The molecule has 4 fully saturated rings. The van der Waals surface area contributed by atoms with Gasteiger partial charge in [0.05, 0.1) is 0 Å². The van der Waals surface area contributed by atoms with E-state index in [4.69, 9.17) is 0 Å². The van der Waals surface area contributed by atoms with Crippen molar-refractivity contribution in [2.45, 2.75) is 81.5 Å². The Morgan fingerprint density at radius 2 is 1.59 bits per heavy atom. The summed E-state index contributed by atoms with van der Waals surface area (Å²) < 4.78 is 0. The Balaban J connectivity index is 0.00000216. The van der Waals surface area contributed by atoms with Gasteiger partial charge in [-0.05, 0) is 75.6 Å². The molecule has 6 nitrogen and oxygen atoms in total. The second-order valence-corrected chi connectivity index (χ2v) is 10.6. The van der Waals surface area contributed by atoms with Crippen LogP contribution in [0.25, 0.3) is 0 Å². The lowest BCUT2D eigenvalue weighted by Gasteiger charge is -2.51. The van der Waals surface area contributed by atoms with E-state index in [9.17, 15) is 14.7 Å². The van der Waals surface area contributed by atoms with Crippen LogP contribution in [0.5, 0.6) is 0 Å². The first kappa shape index (κ1) is 22.0. The predicted octanol–water partition coefficient (Wildman–Crippen LogP) is 3.87. The van der Waals surface area contributed by atoms with Crippen molar-refractivity contribution in [1.29, 1.82) is 0 Å². The summed E-state index contributed by atoms with van der Waals surface area (Å²) in [5, 5.41) is 9.57. The number of halogens is 1. The van der Waals surface area contributed by atoms with Gasteiger partial charge < -0.3 is 19.8 Å². The average Bonchev–Trinajstić information content (AvgIpc) is 3.58. The topological polar surface area (TPSA) is 64.1 Å². The summed E-state index contributed by atoms with van der Waals surface area (Å²) in [5.41, 5.74) is 2.88. The number of carboxylic acid groups (broad SMARTS) is 1. The van der Waals surface area contributed by atoms with E-state index in [1.807, 2.05) is 0 Å². The Hall–Kier alpha value is -1.79. The van der Waals surface area contributed by atoms with Crippen LogP contribution < -0.4 is 0 Å². The molecule has 2 atom stereocenters. The Bertz CT molecular complexity index is 882. The summed E-state index contributed by atoms with van der Waals surface area (Å²) in [6, 6.07) is 9.71. The molecule has 7 heteroatoms. The van der Waals surface area contributed by atoms with E-state index in [1.165, 1.54) is 11.1 Å². The van der Waals surface area contributed by atoms with Crippen LogP contribution in [-0.4, -0.2) is 69.6 Å². The zero-order valence-corrected chi connectivity index (χ0v) is 19.4. The molecule has 4 heterocycles. The Kier molecular flexibility index (Phi) is 5.65. The molecule has 0 radical (unpaired) electrons. The number of rotatable bonds is 2. The number of carbonyl (C=O) groups excluding carboxylic acids is 1. The van der Waals surface area contributed by atoms with Gasteiger partial charge >= 0.3 is 6.09 Å². The average molecular weight is 460 g/mol. The maximum Gasteiger partial charge on any atom is 0.407 e. The molecule has 1 N–H and O–H groups in total. The maximum absolute atomic E-state index is 12.9. The van der Waals surface area contributed by atoms with E-state index in [2.05, 4.69) is 34.1 Å². The molecule has 32 heavy (non-hydrogen) atoms. The van der Waals surface area contributed by atoms with Gasteiger partial charge in [-0.15, -0.1) is 12.4 Å². The molecular weight excluding hydrogens is 426 g/mol. The molecule has 6 rings (SSSR count). The summed E-state index contributed by atoms with van der Waals surface area (Å²) in [6.45, 7) is 3.75. The van der Waals surface area contributed by atoms with Crippen molar-refractivity contribution in [3.8, 4) is 0 Å². The summed E-state index contributed by atoms with van der Waals surface area (Å²) in [6.07, 6.45) is 7.60. The van der Waals surface area contributed by atoms with Crippen LogP contribution in [0.1, 0.15) is 62.5 Å². The second-order valence-electron chi connectivity index (χ2n) is 10.6. The molecule has 174 valence electrons. The van der Waals surface area contributed by atoms with Crippen LogP contribution in [0, 0.1) is 5.92 Å². The van der Waals surface area contributed by atoms with E-state index in [1.54, 1.807) is 4.90 Å².